The lowest BCUT2D eigenvalue weighted by molar-refractivity contribution is 0.667. The molecule has 1 aliphatic carbocycles. The minimum absolute atomic E-state index is 0.664. The average molecular weight is 253 g/mol. The first-order valence-electron chi connectivity index (χ1n) is 6.95. The summed E-state index contributed by atoms with van der Waals surface area (Å²) in [6.45, 7) is 0.822. The fourth-order valence-electron chi connectivity index (χ4n) is 2.41. The fraction of sp³-hybridized carbons (Fsp3) is 0.500. The first-order chi connectivity index (χ1) is 9.35. The quantitative estimate of drug-likeness (QED) is 0.648. The van der Waals surface area contributed by atoms with Gasteiger partial charge in [-0.05, 0) is 50.2 Å². The second-order valence-electron chi connectivity index (χ2n) is 4.90. The van der Waals surface area contributed by atoms with Crippen LogP contribution >= 0.6 is 0 Å². The van der Waals surface area contributed by atoms with E-state index in [0.717, 1.165) is 50.2 Å². The monoisotopic (exact) mass is 253 g/mol. The van der Waals surface area contributed by atoms with Crippen molar-refractivity contribution in [3.63, 3.8) is 0 Å². The molecule has 1 aromatic heterocycles. The summed E-state index contributed by atoms with van der Waals surface area (Å²) in [6, 6.07) is 4.25. The zero-order chi connectivity index (χ0) is 13.5. The van der Waals surface area contributed by atoms with Crippen LogP contribution in [-0.2, 0) is 12.8 Å². The minimum atomic E-state index is 0.664. The maximum Gasteiger partial charge on any atom is 0.144 e. The van der Waals surface area contributed by atoms with Crippen LogP contribution in [0, 0.1) is 23.7 Å². The van der Waals surface area contributed by atoms with E-state index in [2.05, 4.69) is 22.3 Å². The zero-order valence-electron chi connectivity index (χ0n) is 11.2. The molecule has 0 unspecified atom stereocenters. The van der Waals surface area contributed by atoms with Crippen molar-refractivity contribution in [1.29, 1.82) is 5.26 Å². The SMILES string of the molecule is C#CCCCCNc1nc2c(cc1C#N)CCCC2. The van der Waals surface area contributed by atoms with E-state index in [0.29, 0.717) is 5.56 Å². The van der Waals surface area contributed by atoms with Gasteiger partial charge in [0, 0.05) is 18.7 Å². The molecular formula is C16H19N3. The van der Waals surface area contributed by atoms with Crippen LogP contribution < -0.4 is 5.32 Å². The number of unbranched alkanes of at least 4 members (excludes halogenated alkanes) is 2. The molecule has 1 aromatic rings. The van der Waals surface area contributed by atoms with Crippen LogP contribution in [-0.4, -0.2) is 11.5 Å². The first kappa shape index (κ1) is 13.4. The molecule has 98 valence electrons. The molecule has 0 saturated heterocycles. The molecule has 0 spiro atoms. The molecule has 2 rings (SSSR count). The minimum Gasteiger partial charge on any atom is -0.369 e. The zero-order valence-corrected chi connectivity index (χ0v) is 11.2. The lowest BCUT2D eigenvalue weighted by Crippen LogP contribution is -2.11. The van der Waals surface area contributed by atoms with Crippen molar-refractivity contribution in [1.82, 2.24) is 4.98 Å². The number of anilines is 1. The molecule has 0 aliphatic heterocycles. The van der Waals surface area contributed by atoms with Gasteiger partial charge in [-0.25, -0.2) is 4.98 Å². The Labute approximate surface area is 115 Å². The van der Waals surface area contributed by atoms with Gasteiger partial charge in [0.05, 0.1) is 5.56 Å². The largest absolute Gasteiger partial charge is 0.369 e. The van der Waals surface area contributed by atoms with Crippen molar-refractivity contribution in [2.75, 3.05) is 11.9 Å². The van der Waals surface area contributed by atoms with Crippen molar-refractivity contribution in [2.45, 2.75) is 44.9 Å². The number of aryl methyl sites for hydroxylation is 2. The maximum atomic E-state index is 9.20. The summed E-state index contributed by atoms with van der Waals surface area (Å²) in [5.41, 5.74) is 3.08. The summed E-state index contributed by atoms with van der Waals surface area (Å²) in [7, 11) is 0. The van der Waals surface area contributed by atoms with E-state index in [4.69, 9.17) is 6.42 Å². The van der Waals surface area contributed by atoms with Gasteiger partial charge in [-0.1, -0.05) is 0 Å². The summed E-state index contributed by atoms with van der Waals surface area (Å²) in [5.74, 6) is 3.37. The van der Waals surface area contributed by atoms with Gasteiger partial charge in [-0.2, -0.15) is 5.26 Å². The van der Waals surface area contributed by atoms with Crippen LogP contribution in [0.25, 0.3) is 0 Å². The summed E-state index contributed by atoms with van der Waals surface area (Å²) in [5, 5.41) is 12.5. The summed E-state index contributed by atoms with van der Waals surface area (Å²) < 4.78 is 0. The van der Waals surface area contributed by atoms with Gasteiger partial charge in [-0.15, -0.1) is 12.3 Å². The highest BCUT2D eigenvalue weighted by Crippen LogP contribution is 2.24. The van der Waals surface area contributed by atoms with E-state index in [1.807, 2.05) is 6.07 Å². The van der Waals surface area contributed by atoms with E-state index in [9.17, 15) is 5.26 Å². The van der Waals surface area contributed by atoms with Gasteiger partial charge in [0.2, 0.25) is 0 Å². The fourth-order valence-corrected chi connectivity index (χ4v) is 2.41. The molecule has 0 bridgehead atoms. The van der Waals surface area contributed by atoms with Gasteiger partial charge in [0.15, 0.2) is 0 Å². The van der Waals surface area contributed by atoms with E-state index < -0.39 is 0 Å². The first-order valence-corrected chi connectivity index (χ1v) is 6.95. The van der Waals surface area contributed by atoms with Crippen LogP contribution in [0.4, 0.5) is 5.82 Å². The third-order valence-electron chi connectivity index (χ3n) is 3.46. The normalized spacial score (nSPS) is 13.2. The van der Waals surface area contributed by atoms with Crippen LogP contribution in [0.2, 0.25) is 0 Å². The van der Waals surface area contributed by atoms with Crippen LogP contribution in [0.3, 0.4) is 0 Å². The molecule has 0 radical (unpaired) electrons. The number of fused-ring (bicyclic) bond motifs is 1. The lowest BCUT2D eigenvalue weighted by Gasteiger charge is -2.17. The van der Waals surface area contributed by atoms with Crippen LogP contribution in [0.15, 0.2) is 6.07 Å². The Morgan fingerprint density at radius 2 is 2.16 bits per heavy atom. The number of pyridine rings is 1. The van der Waals surface area contributed by atoms with Crippen molar-refractivity contribution in [3.05, 3.63) is 22.9 Å². The smallest absolute Gasteiger partial charge is 0.144 e. The number of terminal acetylenes is 1. The number of hydrogen-bond donors (Lipinski definition) is 1. The number of hydrogen-bond acceptors (Lipinski definition) is 3. The Bertz CT molecular complexity index is 520. The Hall–Kier alpha value is -2.00. The molecule has 1 heterocycles. The Morgan fingerprint density at radius 3 is 2.95 bits per heavy atom. The maximum absolute atomic E-state index is 9.20. The number of nitrogens with one attached hydrogen (secondary N) is 1. The van der Waals surface area contributed by atoms with Crippen molar-refractivity contribution in [3.8, 4) is 18.4 Å². The average Bonchev–Trinajstić information content (AvgIpc) is 2.46. The molecule has 0 fully saturated rings. The third kappa shape index (κ3) is 3.48. The molecule has 1 N–H and O–H groups in total. The number of rotatable bonds is 5. The number of nitrogens with zero attached hydrogens (tertiary/aromatic N) is 2. The van der Waals surface area contributed by atoms with E-state index >= 15 is 0 Å². The molecule has 0 atom stereocenters. The highest BCUT2D eigenvalue weighted by Gasteiger charge is 2.14. The summed E-state index contributed by atoms with van der Waals surface area (Å²) in [6.07, 6.45) is 12.5. The van der Waals surface area contributed by atoms with Gasteiger partial charge in [0.25, 0.3) is 0 Å². The van der Waals surface area contributed by atoms with Crippen molar-refractivity contribution < 1.29 is 0 Å². The molecular weight excluding hydrogens is 234 g/mol. The second-order valence-corrected chi connectivity index (χ2v) is 4.90. The number of nitriles is 1. The van der Waals surface area contributed by atoms with Gasteiger partial charge >= 0.3 is 0 Å². The Kier molecular flexibility index (Phi) is 4.81. The second kappa shape index (κ2) is 6.81. The van der Waals surface area contributed by atoms with Gasteiger partial charge in [-0.3, -0.25) is 0 Å². The molecule has 0 aromatic carbocycles. The predicted octanol–water partition coefficient (Wildman–Crippen LogP) is 3.05. The van der Waals surface area contributed by atoms with E-state index in [1.165, 1.54) is 18.4 Å². The molecule has 0 amide bonds. The standard InChI is InChI=1S/C16H19N3/c1-2-3-4-7-10-18-16-14(12-17)11-13-8-5-6-9-15(13)19-16/h1,11H,3-10H2,(H,18,19). The van der Waals surface area contributed by atoms with E-state index in [-0.39, 0.29) is 0 Å². The van der Waals surface area contributed by atoms with Crippen LogP contribution in [0.1, 0.15) is 48.9 Å². The van der Waals surface area contributed by atoms with E-state index in [1.54, 1.807) is 0 Å². The molecule has 1 aliphatic rings. The van der Waals surface area contributed by atoms with Crippen molar-refractivity contribution in [2.24, 2.45) is 0 Å². The van der Waals surface area contributed by atoms with Gasteiger partial charge < -0.3 is 5.32 Å². The molecule has 3 nitrogen and oxygen atoms in total. The lowest BCUT2D eigenvalue weighted by atomic mass is 9.95. The van der Waals surface area contributed by atoms with Crippen LogP contribution in [0.5, 0.6) is 0 Å². The Morgan fingerprint density at radius 1 is 1.32 bits per heavy atom. The topological polar surface area (TPSA) is 48.7 Å². The van der Waals surface area contributed by atoms with Crippen molar-refractivity contribution >= 4 is 5.82 Å². The Balaban J connectivity index is 2.03. The highest BCUT2D eigenvalue weighted by molar-refractivity contribution is 5.54. The molecule has 3 heteroatoms. The molecule has 0 saturated carbocycles. The van der Waals surface area contributed by atoms with Gasteiger partial charge in [0.1, 0.15) is 11.9 Å². The predicted molar refractivity (Wildman–Crippen MR) is 76.8 cm³/mol. The summed E-state index contributed by atoms with van der Waals surface area (Å²) >= 11 is 0. The summed E-state index contributed by atoms with van der Waals surface area (Å²) in [4.78, 5) is 4.63. The highest BCUT2D eigenvalue weighted by atomic mass is 15.0. The molecule has 19 heavy (non-hydrogen) atoms. The third-order valence-corrected chi connectivity index (χ3v) is 3.46. The number of aromatic nitrogens is 1.